The fraction of sp³-hybridized carbons (Fsp3) is 0.462. The molecule has 2 aromatic rings. The van der Waals surface area contributed by atoms with E-state index in [1.165, 1.54) is 30.4 Å². The van der Waals surface area contributed by atoms with Gasteiger partial charge in [-0.25, -0.2) is 4.98 Å². The summed E-state index contributed by atoms with van der Waals surface area (Å²) < 4.78 is 1.19. The van der Waals surface area contributed by atoms with Gasteiger partial charge in [-0.3, -0.25) is 0 Å². The Bertz CT molecular complexity index is 481. The van der Waals surface area contributed by atoms with Gasteiger partial charge in [-0.1, -0.05) is 49.1 Å². The van der Waals surface area contributed by atoms with E-state index in [1.54, 1.807) is 11.3 Å². The van der Waals surface area contributed by atoms with Crippen molar-refractivity contribution < 1.29 is 0 Å². The maximum absolute atomic E-state index is 5.93. The number of aromatic nitrogens is 1. The second-order valence-electron chi connectivity index (χ2n) is 4.12. The van der Waals surface area contributed by atoms with Gasteiger partial charge in [0.2, 0.25) is 0 Å². The van der Waals surface area contributed by atoms with Crippen LogP contribution in [0.5, 0.6) is 0 Å². The summed E-state index contributed by atoms with van der Waals surface area (Å²) in [4.78, 5) is 4.51. The van der Waals surface area contributed by atoms with Crippen molar-refractivity contribution in [2.45, 2.75) is 32.6 Å². The standard InChI is InChI=1S/C13H17ClN2S/c1-2-3-4-5-8-15-13-16-11-9-10(14)6-7-12(11)17-13/h6-7,9H,2-5,8H2,1H3,(H,15,16). The molecule has 17 heavy (non-hydrogen) atoms. The highest BCUT2D eigenvalue weighted by atomic mass is 35.5. The first-order valence-corrected chi connectivity index (χ1v) is 7.29. The molecule has 2 nitrogen and oxygen atoms in total. The Morgan fingerprint density at radius 1 is 1.29 bits per heavy atom. The normalized spacial score (nSPS) is 10.9. The van der Waals surface area contributed by atoms with Crippen LogP contribution in [0.15, 0.2) is 18.2 Å². The minimum absolute atomic E-state index is 0.747. The second kappa shape index (κ2) is 6.22. The summed E-state index contributed by atoms with van der Waals surface area (Å²) >= 11 is 7.62. The van der Waals surface area contributed by atoms with Crippen molar-refractivity contribution in [1.29, 1.82) is 0 Å². The van der Waals surface area contributed by atoms with Gasteiger partial charge in [-0.15, -0.1) is 0 Å². The van der Waals surface area contributed by atoms with Gasteiger partial charge in [0.25, 0.3) is 0 Å². The van der Waals surface area contributed by atoms with Crippen molar-refractivity contribution in [3.05, 3.63) is 23.2 Å². The molecule has 1 aromatic carbocycles. The molecule has 0 fully saturated rings. The molecular weight excluding hydrogens is 252 g/mol. The van der Waals surface area contributed by atoms with Gasteiger partial charge in [-0.2, -0.15) is 0 Å². The summed E-state index contributed by atoms with van der Waals surface area (Å²) in [7, 11) is 0. The van der Waals surface area contributed by atoms with Crippen molar-refractivity contribution in [3.8, 4) is 0 Å². The number of nitrogens with one attached hydrogen (secondary N) is 1. The molecule has 0 saturated carbocycles. The molecule has 2 rings (SSSR count). The molecule has 0 aliphatic heterocycles. The van der Waals surface area contributed by atoms with Crippen LogP contribution in [0.1, 0.15) is 32.6 Å². The van der Waals surface area contributed by atoms with E-state index in [2.05, 4.69) is 17.2 Å². The Kier molecular flexibility index (Phi) is 4.63. The molecule has 0 amide bonds. The van der Waals surface area contributed by atoms with E-state index in [-0.39, 0.29) is 0 Å². The summed E-state index contributed by atoms with van der Waals surface area (Å²) in [5, 5.41) is 5.12. The van der Waals surface area contributed by atoms with Crippen molar-refractivity contribution >= 4 is 38.3 Å². The van der Waals surface area contributed by atoms with Gasteiger partial charge < -0.3 is 5.32 Å². The lowest BCUT2D eigenvalue weighted by molar-refractivity contribution is 0.685. The number of nitrogens with zero attached hydrogens (tertiary/aromatic N) is 1. The highest BCUT2D eigenvalue weighted by Crippen LogP contribution is 2.27. The predicted octanol–water partition coefficient (Wildman–Crippen LogP) is 4.94. The fourth-order valence-electron chi connectivity index (χ4n) is 1.72. The topological polar surface area (TPSA) is 24.9 Å². The summed E-state index contributed by atoms with van der Waals surface area (Å²) in [5.74, 6) is 0. The summed E-state index contributed by atoms with van der Waals surface area (Å²) in [6.07, 6.45) is 5.10. The van der Waals surface area contributed by atoms with Crippen molar-refractivity contribution in [2.75, 3.05) is 11.9 Å². The Morgan fingerprint density at radius 3 is 3.00 bits per heavy atom. The van der Waals surface area contributed by atoms with E-state index in [1.807, 2.05) is 18.2 Å². The molecule has 0 unspecified atom stereocenters. The van der Waals surface area contributed by atoms with Crippen LogP contribution in [-0.4, -0.2) is 11.5 Å². The number of hydrogen-bond donors (Lipinski definition) is 1. The zero-order valence-corrected chi connectivity index (χ0v) is 11.6. The van der Waals surface area contributed by atoms with Gasteiger partial charge in [0.15, 0.2) is 5.13 Å². The average molecular weight is 269 g/mol. The van der Waals surface area contributed by atoms with Crippen LogP contribution < -0.4 is 5.32 Å². The number of hydrogen-bond acceptors (Lipinski definition) is 3. The highest BCUT2D eigenvalue weighted by Gasteiger charge is 2.03. The molecule has 0 saturated heterocycles. The molecule has 1 N–H and O–H groups in total. The molecule has 92 valence electrons. The zero-order chi connectivity index (χ0) is 12.1. The van der Waals surface area contributed by atoms with E-state index in [9.17, 15) is 0 Å². The number of halogens is 1. The number of thiazole rings is 1. The van der Waals surface area contributed by atoms with Gasteiger partial charge in [-0.05, 0) is 24.6 Å². The maximum Gasteiger partial charge on any atom is 0.183 e. The van der Waals surface area contributed by atoms with Crippen LogP contribution in [-0.2, 0) is 0 Å². The molecule has 0 spiro atoms. The van der Waals surface area contributed by atoms with Crippen LogP contribution in [0.25, 0.3) is 10.2 Å². The second-order valence-corrected chi connectivity index (χ2v) is 5.59. The highest BCUT2D eigenvalue weighted by molar-refractivity contribution is 7.22. The Hall–Kier alpha value is -0.800. The third-order valence-corrected chi connectivity index (χ3v) is 3.89. The zero-order valence-electron chi connectivity index (χ0n) is 10.0. The largest absolute Gasteiger partial charge is 0.361 e. The van der Waals surface area contributed by atoms with Crippen LogP contribution >= 0.6 is 22.9 Å². The quantitative estimate of drug-likeness (QED) is 0.751. The number of anilines is 1. The minimum Gasteiger partial charge on any atom is -0.361 e. The smallest absolute Gasteiger partial charge is 0.183 e. The van der Waals surface area contributed by atoms with E-state index >= 15 is 0 Å². The first-order chi connectivity index (χ1) is 8.29. The number of fused-ring (bicyclic) bond motifs is 1. The van der Waals surface area contributed by atoms with E-state index < -0.39 is 0 Å². The lowest BCUT2D eigenvalue weighted by atomic mass is 10.2. The monoisotopic (exact) mass is 268 g/mol. The number of unbranched alkanes of at least 4 members (excludes halogenated alkanes) is 3. The summed E-state index contributed by atoms with van der Waals surface area (Å²) in [6.45, 7) is 3.23. The van der Waals surface area contributed by atoms with Crippen molar-refractivity contribution in [3.63, 3.8) is 0 Å². The van der Waals surface area contributed by atoms with Crippen LogP contribution in [0, 0.1) is 0 Å². The molecular formula is C13H17ClN2S. The molecule has 1 aromatic heterocycles. The summed E-state index contributed by atoms with van der Waals surface area (Å²) in [5.41, 5.74) is 0.985. The summed E-state index contributed by atoms with van der Waals surface area (Å²) in [6, 6.07) is 5.85. The lowest BCUT2D eigenvalue weighted by Gasteiger charge is -2.00. The Morgan fingerprint density at radius 2 is 2.18 bits per heavy atom. The number of rotatable bonds is 6. The third kappa shape index (κ3) is 3.58. The van der Waals surface area contributed by atoms with E-state index in [0.29, 0.717) is 0 Å². The van der Waals surface area contributed by atoms with Crippen LogP contribution in [0.4, 0.5) is 5.13 Å². The molecule has 0 aliphatic rings. The van der Waals surface area contributed by atoms with E-state index in [4.69, 9.17) is 11.6 Å². The molecule has 1 heterocycles. The SMILES string of the molecule is CCCCCCNc1nc2cc(Cl)ccc2s1. The average Bonchev–Trinajstić information content (AvgIpc) is 2.70. The van der Waals surface area contributed by atoms with Crippen molar-refractivity contribution in [1.82, 2.24) is 4.98 Å². The van der Waals surface area contributed by atoms with Gasteiger partial charge in [0.1, 0.15) is 0 Å². The molecule has 0 bridgehead atoms. The van der Waals surface area contributed by atoms with Crippen molar-refractivity contribution in [2.24, 2.45) is 0 Å². The van der Waals surface area contributed by atoms with E-state index in [0.717, 1.165) is 22.2 Å². The molecule has 0 atom stereocenters. The number of benzene rings is 1. The lowest BCUT2D eigenvalue weighted by Crippen LogP contribution is -2.00. The Labute approximate surface area is 111 Å². The minimum atomic E-state index is 0.747. The van der Waals surface area contributed by atoms with Crippen LogP contribution in [0.3, 0.4) is 0 Å². The van der Waals surface area contributed by atoms with Crippen LogP contribution in [0.2, 0.25) is 5.02 Å². The fourth-order valence-corrected chi connectivity index (χ4v) is 2.76. The first kappa shape index (κ1) is 12.7. The maximum atomic E-state index is 5.93. The Balaban J connectivity index is 1.91. The first-order valence-electron chi connectivity index (χ1n) is 6.09. The molecule has 0 radical (unpaired) electrons. The van der Waals surface area contributed by atoms with Gasteiger partial charge >= 0.3 is 0 Å². The van der Waals surface area contributed by atoms with Gasteiger partial charge in [0, 0.05) is 11.6 Å². The molecule has 4 heteroatoms. The molecule has 0 aliphatic carbocycles. The third-order valence-electron chi connectivity index (χ3n) is 2.66. The predicted molar refractivity (Wildman–Crippen MR) is 77.3 cm³/mol. The van der Waals surface area contributed by atoms with Gasteiger partial charge in [0.05, 0.1) is 10.2 Å².